The average molecular weight is 319 g/mol. The normalized spacial score (nSPS) is 39.3. The van der Waals surface area contributed by atoms with Gasteiger partial charge in [-0.1, -0.05) is 31.4 Å². The average Bonchev–Trinajstić information content (AvgIpc) is 3.16. The third-order valence-electron chi connectivity index (χ3n) is 5.77. The van der Waals surface area contributed by atoms with E-state index in [1.807, 2.05) is 30.9 Å². The molecule has 2 bridgehead atoms. The van der Waals surface area contributed by atoms with Crippen molar-refractivity contribution in [2.45, 2.75) is 69.8 Å². The zero-order chi connectivity index (χ0) is 16.2. The van der Waals surface area contributed by atoms with Crippen LogP contribution in [0.15, 0.2) is 12.2 Å². The molecule has 1 saturated carbocycles. The number of ether oxygens (including phenoxy) is 2. The van der Waals surface area contributed by atoms with Crippen LogP contribution in [-0.2, 0) is 19.1 Å². The van der Waals surface area contributed by atoms with Crippen LogP contribution in [-0.4, -0.2) is 47.2 Å². The van der Waals surface area contributed by atoms with E-state index in [1.54, 1.807) is 0 Å². The molecule has 1 amide bonds. The van der Waals surface area contributed by atoms with Crippen molar-refractivity contribution < 1.29 is 19.1 Å². The van der Waals surface area contributed by atoms with Gasteiger partial charge in [-0.25, -0.2) is 0 Å². The van der Waals surface area contributed by atoms with E-state index >= 15 is 0 Å². The molecule has 5 nitrogen and oxygen atoms in total. The summed E-state index contributed by atoms with van der Waals surface area (Å²) in [4.78, 5) is 27.6. The Kier molecular flexibility index (Phi) is 3.52. The summed E-state index contributed by atoms with van der Waals surface area (Å²) >= 11 is 0. The number of rotatable bonds is 3. The van der Waals surface area contributed by atoms with Crippen LogP contribution in [0.2, 0.25) is 0 Å². The number of carbonyl (C=O) groups is 2. The number of nitrogens with zero attached hydrogens (tertiary/aromatic N) is 1. The quantitative estimate of drug-likeness (QED) is 0.590. The maximum absolute atomic E-state index is 13.1. The van der Waals surface area contributed by atoms with Crippen molar-refractivity contribution in [3.63, 3.8) is 0 Å². The van der Waals surface area contributed by atoms with Crippen molar-refractivity contribution in [1.29, 1.82) is 0 Å². The standard InChI is InChI=1S/C18H25NO4/c1-11(2)22-17(21)14-13-8-9-18(23-13)10-19(16(20)15(14)18)12-6-4-3-5-7-12/h8-9,11-15H,3-7,10H2,1-2H3/t13-,14-,15-,18+/m1/s1. The van der Waals surface area contributed by atoms with E-state index in [0.717, 1.165) is 12.8 Å². The SMILES string of the molecule is CC(C)OC(=O)[C@@H]1[C@H]2C=C[C@@]3(CN(C4CCCCC4)C(=O)[C@@H]13)O2. The second-order valence-corrected chi connectivity index (χ2v) is 7.64. The van der Waals surface area contributed by atoms with Gasteiger partial charge < -0.3 is 14.4 Å². The molecule has 126 valence electrons. The molecule has 4 aliphatic rings. The number of likely N-dealkylation sites (tertiary alicyclic amines) is 1. The molecule has 3 aliphatic heterocycles. The maximum atomic E-state index is 13.1. The van der Waals surface area contributed by atoms with Crippen LogP contribution in [0.4, 0.5) is 0 Å². The zero-order valence-electron chi connectivity index (χ0n) is 13.9. The number of esters is 1. The van der Waals surface area contributed by atoms with Gasteiger partial charge >= 0.3 is 5.97 Å². The number of fused-ring (bicyclic) bond motifs is 1. The molecule has 3 heterocycles. The van der Waals surface area contributed by atoms with Crippen LogP contribution in [0.5, 0.6) is 0 Å². The first kappa shape index (κ1) is 15.2. The first-order chi connectivity index (χ1) is 11.0. The van der Waals surface area contributed by atoms with Crippen molar-refractivity contribution in [2.75, 3.05) is 6.54 Å². The highest BCUT2D eigenvalue weighted by molar-refractivity contribution is 5.91. The number of hydrogen-bond acceptors (Lipinski definition) is 4. The van der Waals surface area contributed by atoms with Crippen LogP contribution in [0.25, 0.3) is 0 Å². The first-order valence-electron chi connectivity index (χ1n) is 8.90. The Morgan fingerprint density at radius 1 is 1.35 bits per heavy atom. The third-order valence-corrected chi connectivity index (χ3v) is 5.77. The van der Waals surface area contributed by atoms with E-state index in [4.69, 9.17) is 9.47 Å². The number of hydrogen-bond donors (Lipinski definition) is 0. The van der Waals surface area contributed by atoms with Crippen molar-refractivity contribution >= 4 is 11.9 Å². The van der Waals surface area contributed by atoms with Crippen LogP contribution in [0.3, 0.4) is 0 Å². The molecule has 2 saturated heterocycles. The predicted molar refractivity (Wildman–Crippen MR) is 83.5 cm³/mol. The molecule has 4 rings (SSSR count). The molecule has 5 heteroatoms. The van der Waals surface area contributed by atoms with Gasteiger partial charge in [0.2, 0.25) is 5.91 Å². The second kappa shape index (κ2) is 5.33. The summed E-state index contributed by atoms with van der Waals surface area (Å²) in [7, 11) is 0. The van der Waals surface area contributed by atoms with Crippen LogP contribution in [0, 0.1) is 11.8 Å². The molecule has 23 heavy (non-hydrogen) atoms. The highest BCUT2D eigenvalue weighted by Crippen LogP contribution is 2.53. The third kappa shape index (κ3) is 2.24. The Balaban J connectivity index is 1.59. The monoisotopic (exact) mass is 319 g/mol. The smallest absolute Gasteiger partial charge is 0.313 e. The predicted octanol–water partition coefficient (Wildman–Crippen LogP) is 2.05. The van der Waals surface area contributed by atoms with Crippen molar-refractivity contribution in [2.24, 2.45) is 11.8 Å². The van der Waals surface area contributed by atoms with Gasteiger partial charge in [-0.15, -0.1) is 0 Å². The molecular weight excluding hydrogens is 294 g/mol. The summed E-state index contributed by atoms with van der Waals surface area (Å²) < 4.78 is 11.5. The summed E-state index contributed by atoms with van der Waals surface area (Å²) in [6, 6.07) is 0.314. The van der Waals surface area contributed by atoms with Crippen LogP contribution < -0.4 is 0 Å². The Hall–Kier alpha value is -1.36. The van der Waals surface area contributed by atoms with Crippen molar-refractivity contribution in [1.82, 2.24) is 4.90 Å². The summed E-state index contributed by atoms with van der Waals surface area (Å²) in [5.41, 5.74) is -0.597. The Morgan fingerprint density at radius 2 is 2.09 bits per heavy atom. The zero-order valence-corrected chi connectivity index (χ0v) is 13.9. The molecule has 1 aliphatic carbocycles. The lowest BCUT2D eigenvalue weighted by molar-refractivity contribution is -0.157. The summed E-state index contributed by atoms with van der Waals surface area (Å²) in [5, 5.41) is 0. The molecular formula is C18H25NO4. The molecule has 0 radical (unpaired) electrons. The van der Waals surface area contributed by atoms with E-state index in [9.17, 15) is 9.59 Å². The van der Waals surface area contributed by atoms with Gasteiger partial charge in [0.05, 0.1) is 24.7 Å². The first-order valence-corrected chi connectivity index (χ1v) is 8.90. The fourth-order valence-electron chi connectivity index (χ4n) is 4.81. The van der Waals surface area contributed by atoms with Gasteiger partial charge in [0.15, 0.2) is 0 Å². The summed E-state index contributed by atoms with van der Waals surface area (Å²) in [5.74, 6) is -1.08. The van der Waals surface area contributed by atoms with E-state index in [2.05, 4.69) is 0 Å². The van der Waals surface area contributed by atoms with Crippen LogP contribution >= 0.6 is 0 Å². The van der Waals surface area contributed by atoms with Gasteiger partial charge in [-0.05, 0) is 26.7 Å². The van der Waals surface area contributed by atoms with Gasteiger partial charge in [0.1, 0.15) is 11.5 Å². The van der Waals surface area contributed by atoms with E-state index < -0.39 is 17.4 Å². The lowest BCUT2D eigenvalue weighted by atomic mass is 9.77. The topological polar surface area (TPSA) is 55.8 Å². The Morgan fingerprint density at radius 3 is 2.78 bits per heavy atom. The van der Waals surface area contributed by atoms with E-state index in [1.165, 1.54) is 19.3 Å². The molecule has 0 aromatic heterocycles. The fourth-order valence-corrected chi connectivity index (χ4v) is 4.81. The summed E-state index contributed by atoms with van der Waals surface area (Å²) in [6.45, 7) is 4.27. The molecule has 1 spiro atoms. The number of carbonyl (C=O) groups excluding carboxylic acids is 2. The molecule has 0 N–H and O–H groups in total. The Bertz CT molecular complexity index is 551. The largest absolute Gasteiger partial charge is 0.463 e. The minimum Gasteiger partial charge on any atom is -0.463 e. The van der Waals surface area contributed by atoms with E-state index in [-0.39, 0.29) is 24.1 Å². The van der Waals surface area contributed by atoms with Crippen LogP contribution in [0.1, 0.15) is 46.0 Å². The highest BCUT2D eigenvalue weighted by Gasteiger charge is 2.67. The van der Waals surface area contributed by atoms with Gasteiger partial charge in [-0.2, -0.15) is 0 Å². The van der Waals surface area contributed by atoms with Crippen molar-refractivity contribution in [3.8, 4) is 0 Å². The molecule has 0 aromatic rings. The van der Waals surface area contributed by atoms with E-state index in [0.29, 0.717) is 12.6 Å². The summed E-state index contributed by atoms with van der Waals surface area (Å²) in [6.07, 6.45) is 9.26. The van der Waals surface area contributed by atoms with Gasteiger partial charge in [0.25, 0.3) is 0 Å². The number of amides is 1. The molecule has 3 fully saturated rings. The van der Waals surface area contributed by atoms with Gasteiger partial charge in [-0.3, -0.25) is 9.59 Å². The molecule has 0 unspecified atom stereocenters. The lowest BCUT2D eigenvalue weighted by Crippen LogP contribution is -2.42. The highest BCUT2D eigenvalue weighted by atomic mass is 16.6. The lowest BCUT2D eigenvalue weighted by Gasteiger charge is -2.32. The minimum absolute atomic E-state index is 0.0921. The fraction of sp³-hybridized carbons (Fsp3) is 0.778. The molecule has 4 atom stereocenters. The maximum Gasteiger partial charge on any atom is 0.313 e. The van der Waals surface area contributed by atoms with Crippen molar-refractivity contribution in [3.05, 3.63) is 12.2 Å². The van der Waals surface area contributed by atoms with Gasteiger partial charge in [0, 0.05) is 6.04 Å². The second-order valence-electron chi connectivity index (χ2n) is 7.64. The Labute approximate surface area is 137 Å². The minimum atomic E-state index is -0.597. The molecule has 0 aromatic carbocycles.